The lowest BCUT2D eigenvalue weighted by molar-refractivity contribution is 0.144. The van der Waals surface area contributed by atoms with E-state index in [2.05, 4.69) is 55.4 Å². The third kappa shape index (κ3) is 2.70. The van der Waals surface area contributed by atoms with Gasteiger partial charge < -0.3 is 10.2 Å². The summed E-state index contributed by atoms with van der Waals surface area (Å²) in [6.07, 6.45) is 5.45. The predicted octanol–water partition coefficient (Wildman–Crippen LogP) is 3.27. The molecule has 0 aromatic heterocycles. The first kappa shape index (κ1) is 13.1. The largest absolute Gasteiger partial charge is 0.307 e. The van der Waals surface area contributed by atoms with Gasteiger partial charge >= 0.3 is 0 Å². The number of fused-ring (bicyclic) bond motifs is 2. The number of nitrogens with zero attached hydrogens (tertiary/aromatic N) is 1. The molecule has 3 atom stereocenters. The van der Waals surface area contributed by atoms with Crippen molar-refractivity contribution in [3.63, 3.8) is 0 Å². The van der Waals surface area contributed by atoms with Crippen LogP contribution in [0.25, 0.3) is 0 Å². The molecular formula is C17H26N2. The van der Waals surface area contributed by atoms with Crippen molar-refractivity contribution in [2.24, 2.45) is 0 Å². The Morgan fingerprint density at radius 3 is 2.53 bits per heavy atom. The van der Waals surface area contributed by atoms with Crippen molar-refractivity contribution >= 4 is 0 Å². The van der Waals surface area contributed by atoms with Crippen LogP contribution in [0, 0.1) is 6.92 Å². The molecule has 2 heteroatoms. The summed E-state index contributed by atoms with van der Waals surface area (Å²) < 4.78 is 0. The van der Waals surface area contributed by atoms with Gasteiger partial charge in [0.1, 0.15) is 0 Å². The van der Waals surface area contributed by atoms with Crippen molar-refractivity contribution in [3.05, 3.63) is 35.4 Å². The van der Waals surface area contributed by atoms with E-state index >= 15 is 0 Å². The number of aryl methyl sites for hydroxylation is 1. The zero-order valence-electron chi connectivity index (χ0n) is 12.4. The Labute approximate surface area is 117 Å². The highest BCUT2D eigenvalue weighted by Gasteiger charge is 2.38. The summed E-state index contributed by atoms with van der Waals surface area (Å²) in [7, 11) is 2.31. The van der Waals surface area contributed by atoms with Gasteiger partial charge in [-0.05, 0) is 52.1 Å². The number of hydrogen-bond donors (Lipinski definition) is 1. The standard InChI is InChI=1S/C17H26N2/c1-12-5-4-6-14(9-12)13(2)18-15-10-16-7-8-17(11-15)19(16)3/h4-6,9,13,15-18H,7-8,10-11H2,1-3H3/t13-,15?,16?,17?/m0/s1. The van der Waals surface area contributed by atoms with Gasteiger partial charge in [-0.3, -0.25) is 0 Å². The molecule has 2 aliphatic heterocycles. The minimum atomic E-state index is 0.465. The van der Waals surface area contributed by atoms with Crippen molar-refractivity contribution in [1.82, 2.24) is 10.2 Å². The lowest BCUT2D eigenvalue weighted by Crippen LogP contribution is -2.47. The van der Waals surface area contributed by atoms with Crippen LogP contribution in [0.4, 0.5) is 0 Å². The molecule has 0 amide bonds. The van der Waals surface area contributed by atoms with Crippen LogP contribution in [0.1, 0.15) is 49.8 Å². The van der Waals surface area contributed by atoms with Gasteiger partial charge in [0.25, 0.3) is 0 Å². The summed E-state index contributed by atoms with van der Waals surface area (Å²) in [6, 6.07) is 11.7. The second-order valence-corrected chi connectivity index (χ2v) is 6.52. The molecule has 0 aliphatic carbocycles. The van der Waals surface area contributed by atoms with Gasteiger partial charge in [-0.1, -0.05) is 29.8 Å². The molecule has 1 aromatic carbocycles. The van der Waals surface area contributed by atoms with Gasteiger partial charge in [-0.2, -0.15) is 0 Å². The molecule has 2 unspecified atom stereocenters. The van der Waals surface area contributed by atoms with Crippen LogP contribution < -0.4 is 5.32 Å². The Morgan fingerprint density at radius 2 is 1.89 bits per heavy atom. The molecule has 1 N–H and O–H groups in total. The number of hydrogen-bond acceptors (Lipinski definition) is 2. The number of rotatable bonds is 3. The zero-order valence-corrected chi connectivity index (χ0v) is 12.4. The summed E-state index contributed by atoms with van der Waals surface area (Å²) in [6.45, 7) is 4.47. The Bertz CT molecular complexity index is 429. The molecule has 2 saturated heterocycles. The van der Waals surface area contributed by atoms with Gasteiger partial charge in [0.2, 0.25) is 0 Å². The van der Waals surface area contributed by atoms with Gasteiger partial charge in [-0.15, -0.1) is 0 Å². The maximum Gasteiger partial charge on any atom is 0.0294 e. The Balaban J connectivity index is 1.63. The Kier molecular flexibility index (Phi) is 3.64. The van der Waals surface area contributed by atoms with E-state index in [1.807, 2.05) is 0 Å². The molecule has 0 saturated carbocycles. The van der Waals surface area contributed by atoms with Gasteiger partial charge in [0, 0.05) is 24.2 Å². The molecule has 104 valence electrons. The van der Waals surface area contributed by atoms with E-state index in [0.717, 1.165) is 12.1 Å². The predicted molar refractivity (Wildman–Crippen MR) is 80.3 cm³/mol. The average molecular weight is 258 g/mol. The molecule has 2 fully saturated rings. The van der Waals surface area contributed by atoms with Crippen molar-refractivity contribution < 1.29 is 0 Å². The summed E-state index contributed by atoms with van der Waals surface area (Å²) in [5.74, 6) is 0. The highest BCUT2D eigenvalue weighted by atomic mass is 15.2. The molecule has 2 aliphatic rings. The van der Waals surface area contributed by atoms with E-state index in [0.29, 0.717) is 12.1 Å². The van der Waals surface area contributed by atoms with E-state index in [9.17, 15) is 0 Å². The highest BCUT2D eigenvalue weighted by Crippen LogP contribution is 2.35. The second-order valence-electron chi connectivity index (χ2n) is 6.52. The third-order valence-corrected chi connectivity index (χ3v) is 5.13. The van der Waals surface area contributed by atoms with Crippen molar-refractivity contribution in [2.45, 2.75) is 63.7 Å². The minimum absolute atomic E-state index is 0.465. The summed E-state index contributed by atoms with van der Waals surface area (Å²) in [5.41, 5.74) is 2.78. The molecule has 2 nitrogen and oxygen atoms in total. The van der Waals surface area contributed by atoms with Crippen LogP contribution in [0.15, 0.2) is 24.3 Å². The van der Waals surface area contributed by atoms with E-state index in [4.69, 9.17) is 0 Å². The maximum atomic E-state index is 3.86. The molecule has 19 heavy (non-hydrogen) atoms. The second kappa shape index (κ2) is 5.26. The smallest absolute Gasteiger partial charge is 0.0294 e. The first-order valence-electron chi connectivity index (χ1n) is 7.68. The van der Waals surface area contributed by atoms with Crippen molar-refractivity contribution in [3.8, 4) is 0 Å². The molecule has 0 spiro atoms. The van der Waals surface area contributed by atoms with Crippen molar-refractivity contribution in [1.29, 1.82) is 0 Å². The fourth-order valence-corrected chi connectivity index (χ4v) is 3.94. The minimum Gasteiger partial charge on any atom is -0.307 e. The lowest BCUT2D eigenvalue weighted by atomic mass is 9.96. The number of piperidine rings is 1. The van der Waals surface area contributed by atoms with Crippen LogP contribution in [0.3, 0.4) is 0 Å². The van der Waals surface area contributed by atoms with E-state index in [1.54, 1.807) is 0 Å². The Morgan fingerprint density at radius 1 is 1.21 bits per heavy atom. The van der Waals surface area contributed by atoms with Gasteiger partial charge in [-0.25, -0.2) is 0 Å². The lowest BCUT2D eigenvalue weighted by Gasteiger charge is -2.38. The first-order chi connectivity index (χ1) is 9.13. The molecular weight excluding hydrogens is 232 g/mol. The maximum absolute atomic E-state index is 3.86. The van der Waals surface area contributed by atoms with Crippen molar-refractivity contribution in [2.75, 3.05) is 7.05 Å². The zero-order chi connectivity index (χ0) is 13.4. The van der Waals surface area contributed by atoms with E-state index < -0.39 is 0 Å². The number of nitrogens with one attached hydrogen (secondary N) is 1. The summed E-state index contributed by atoms with van der Waals surface area (Å²) in [5, 5.41) is 3.86. The van der Waals surface area contributed by atoms with E-state index in [-0.39, 0.29) is 0 Å². The first-order valence-corrected chi connectivity index (χ1v) is 7.68. The number of benzene rings is 1. The van der Waals surface area contributed by atoms with Crippen LogP contribution in [-0.2, 0) is 0 Å². The topological polar surface area (TPSA) is 15.3 Å². The van der Waals surface area contributed by atoms with Crippen LogP contribution >= 0.6 is 0 Å². The quantitative estimate of drug-likeness (QED) is 0.895. The fraction of sp³-hybridized carbons (Fsp3) is 0.647. The molecule has 2 heterocycles. The normalized spacial score (nSPS) is 32.5. The Hall–Kier alpha value is -0.860. The van der Waals surface area contributed by atoms with E-state index in [1.165, 1.54) is 36.8 Å². The average Bonchev–Trinajstić information content (AvgIpc) is 2.62. The van der Waals surface area contributed by atoms with Gasteiger partial charge in [0.15, 0.2) is 0 Å². The summed E-state index contributed by atoms with van der Waals surface area (Å²) >= 11 is 0. The summed E-state index contributed by atoms with van der Waals surface area (Å²) in [4.78, 5) is 2.61. The highest BCUT2D eigenvalue weighted by molar-refractivity contribution is 5.24. The molecule has 2 bridgehead atoms. The van der Waals surface area contributed by atoms with Crippen LogP contribution in [0.5, 0.6) is 0 Å². The third-order valence-electron chi connectivity index (χ3n) is 5.13. The SMILES string of the molecule is Cc1cccc([C@H](C)NC2CC3CCC(C2)N3C)c1. The molecule has 1 aromatic rings. The van der Waals surface area contributed by atoms with Gasteiger partial charge in [0.05, 0.1) is 0 Å². The fourth-order valence-electron chi connectivity index (χ4n) is 3.94. The monoisotopic (exact) mass is 258 g/mol. The van der Waals surface area contributed by atoms with Crippen LogP contribution in [0.2, 0.25) is 0 Å². The van der Waals surface area contributed by atoms with Crippen LogP contribution in [-0.4, -0.2) is 30.1 Å². The molecule has 3 rings (SSSR count). The molecule has 0 radical (unpaired) electrons.